The van der Waals surface area contributed by atoms with E-state index in [9.17, 15) is 0 Å². The van der Waals surface area contributed by atoms with Gasteiger partial charge in [-0.3, -0.25) is 0 Å². The van der Waals surface area contributed by atoms with Crippen LogP contribution in [0.1, 0.15) is 44.2 Å². The van der Waals surface area contributed by atoms with E-state index < -0.39 is 0 Å². The van der Waals surface area contributed by atoms with Gasteiger partial charge in [0.05, 0.1) is 14.2 Å². The molecule has 1 aromatic carbocycles. The first kappa shape index (κ1) is 18.6. The number of hydrogen-bond donors (Lipinski definition) is 1. The minimum absolute atomic E-state index is 0. The molecule has 0 aliphatic carbocycles. The van der Waals surface area contributed by atoms with Crippen LogP contribution < -0.4 is 15.2 Å². The summed E-state index contributed by atoms with van der Waals surface area (Å²) in [5.74, 6) is 1.44. The van der Waals surface area contributed by atoms with Crippen molar-refractivity contribution in [3.63, 3.8) is 0 Å². The zero-order valence-corrected chi connectivity index (χ0v) is 14.1. The highest BCUT2D eigenvalue weighted by Gasteiger charge is 2.14. The summed E-state index contributed by atoms with van der Waals surface area (Å²) in [7, 11) is 3.27. The summed E-state index contributed by atoms with van der Waals surface area (Å²) in [5, 5.41) is 0. The lowest BCUT2D eigenvalue weighted by Gasteiger charge is -2.17. The van der Waals surface area contributed by atoms with Gasteiger partial charge in [0.15, 0.2) is 11.5 Å². The third-order valence-electron chi connectivity index (χ3n) is 3.02. The van der Waals surface area contributed by atoms with Crippen molar-refractivity contribution >= 4 is 28.3 Å². The van der Waals surface area contributed by atoms with E-state index in [1.54, 1.807) is 14.2 Å². The van der Waals surface area contributed by atoms with Gasteiger partial charge in [0.2, 0.25) is 0 Å². The minimum Gasteiger partial charge on any atom is -0.493 e. The molecule has 0 unspecified atom stereocenters. The number of unbranched alkanes of at least 4 members (excludes halogenated alkanes) is 2. The second kappa shape index (κ2) is 9.45. The molecule has 1 rings (SSSR count). The molecule has 0 spiro atoms. The molecule has 19 heavy (non-hydrogen) atoms. The lowest BCUT2D eigenvalue weighted by atomic mass is 10.0. The molecule has 0 saturated carbocycles. The Hall–Kier alpha value is -0.450. The largest absolute Gasteiger partial charge is 0.493 e. The van der Waals surface area contributed by atoms with Crippen LogP contribution in [0.5, 0.6) is 11.5 Å². The maximum absolute atomic E-state index is 6.23. The van der Waals surface area contributed by atoms with Crippen molar-refractivity contribution in [1.29, 1.82) is 0 Å². The van der Waals surface area contributed by atoms with Crippen LogP contribution in [0, 0.1) is 0 Å². The van der Waals surface area contributed by atoms with Gasteiger partial charge in [0.25, 0.3) is 0 Å². The van der Waals surface area contributed by atoms with Crippen LogP contribution in [-0.2, 0) is 0 Å². The maximum atomic E-state index is 6.23. The van der Waals surface area contributed by atoms with Crippen molar-refractivity contribution in [2.24, 2.45) is 5.73 Å². The van der Waals surface area contributed by atoms with Gasteiger partial charge in [-0.05, 0) is 24.1 Å². The van der Waals surface area contributed by atoms with Gasteiger partial charge >= 0.3 is 0 Å². The molecule has 0 heterocycles. The van der Waals surface area contributed by atoms with Gasteiger partial charge in [0.1, 0.15) is 0 Å². The SMILES string of the molecule is CCCCC[C@H](N)c1cc(OC)c(OC)cc1Br.Cl. The Balaban J connectivity index is 0.00000324. The predicted octanol–water partition coefficient (Wildman–Crippen LogP) is 4.47. The summed E-state index contributed by atoms with van der Waals surface area (Å²) in [6.07, 6.45) is 4.57. The average molecular weight is 353 g/mol. The molecule has 0 aliphatic heterocycles. The van der Waals surface area contributed by atoms with Gasteiger partial charge < -0.3 is 15.2 Å². The van der Waals surface area contributed by atoms with Crippen molar-refractivity contribution in [2.75, 3.05) is 14.2 Å². The third kappa shape index (κ3) is 5.21. The quantitative estimate of drug-likeness (QED) is 0.736. The fraction of sp³-hybridized carbons (Fsp3) is 0.571. The van der Waals surface area contributed by atoms with Crippen LogP contribution in [0.2, 0.25) is 0 Å². The summed E-state index contributed by atoms with van der Waals surface area (Å²) in [5.41, 5.74) is 7.30. The Morgan fingerprint density at radius 2 is 1.74 bits per heavy atom. The zero-order valence-electron chi connectivity index (χ0n) is 11.7. The van der Waals surface area contributed by atoms with Gasteiger partial charge in [0, 0.05) is 10.5 Å². The number of rotatable bonds is 7. The second-order valence-corrected chi connectivity index (χ2v) is 5.19. The lowest BCUT2D eigenvalue weighted by Crippen LogP contribution is -2.11. The van der Waals surface area contributed by atoms with E-state index in [2.05, 4.69) is 22.9 Å². The highest BCUT2D eigenvalue weighted by molar-refractivity contribution is 9.10. The summed E-state index contributed by atoms with van der Waals surface area (Å²) in [4.78, 5) is 0. The van der Waals surface area contributed by atoms with Crippen molar-refractivity contribution in [2.45, 2.75) is 38.6 Å². The summed E-state index contributed by atoms with van der Waals surface area (Å²) in [6, 6.07) is 3.90. The van der Waals surface area contributed by atoms with E-state index >= 15 is 0 Å². The molecule has 0 saturated heterocycles. The van der Waals surface area contributed by atoms with Crippen LogP contribution in [0.25, 0.3) is 0 Å². The molecule has 0 fully saturated rings. The molecule has 0 aliphatic rings. The number of halogens is 2. The van der Waals surface area contributed by atoms with Crippen molar-refractivity contribution in [1.82, 2.24) is 0 Å². The molecule has 110 valence electrons. The van der Waals surface area contributed by atoms with E-state index in [0.29, 0.717) is 5.75 Å². The van der Waals surface area contributed by atoms with Gasteiger partial charge in [-0.25, -0.2) is 0 Å². The molecule has 5 heteroatoms. The molecule has 0 bridgehead atoms. The Morgan fingerprint density at radius 3 is 2.26 bits per heavy atom. The Labute approximate surface area is 130 Å². The maximum Gasteiger partial charge on any atom is 0.161 e. The second-order valence-electron chi connectivity index (χ2n) is 4.33. The highest BCUT2D eigenvalue weighted by Crippen LogP contribution is 2.36. The van der Waals surface area contributed by atoms with Gasteiger partial charge in [-0.2, -0.15) is 0 Å². The molecule has 1 aromatic rings. The summed E-state index contributed by atoms with van der Waals surface area (Å²) < 4.78 is 11.5. The number of nitrogens with two attached hydrogens (primary N) is 1. The molecular weight excluding hydrogens is 330 g/mol. The molecule has 0 amide bonds. The summed E-state index contributed by atoms with van der Waals surface area (Å²) in [6.45, 7) is 2.19. The van der Waals surface area contributed by atoms with Crippen molar-refractivity contribution < 1.29 is 9.47 Å². The zero-order chi connectivity index (χ0) is 13.5. The average Bonchev–Trinajstić information content (AvgIpc) is 2.38. The van der Waals surface area contributed by atoms with Crippen LogP contribution in [0.3, 0.4) is 0 Å². The number of methoxy groups -OCH3 is 2. The highest BCUT2D eigenvalue weighted by atomic mass is 79.9. The smallest absolute Gasteiger partial charge is 0.161 e. The van der Waals surface area contributed by atoms with E-state index in [0.717, 1.165) is 28.6 Å². The van der Waals surface area contributed by atoms with E-state index in [-0.39, 0.29) is 18.4 Å². The molecule has 0 radical (unpaired) electrons. The molecular formula is C14H23BrClNO2. The molecule has 1 atom stereocenters. The number of hydrogen-bond acceptors (Lipinski definition) is 3. The molecule has 3 nitrogen and oxygen atoms in total. The topological polar surface area (TPSA) is 44.5 Å². The van der Waals surface area contributed by atoms with Gasteiger partial charge in [-0.15, -0.1) is 12.4 Å². The Kier molecular flexibility index (Phi) is 9.23. The van der Waals surface area contributed by atoms with E-state index in [1.807, 2.05) is 12.1 Å². The van der Waals surface area contributed by atoms with E-state index in [4.69, 9.17) is 15.2 Å². The van der Waals surface area contributed by atoms with Crippen molar-refractivity contribution in [3.8, 4) is 11.5 Å². The fourth-order valence-corrected chi connectivity index (χ4v) is 2.54. The predicted molar refractivity (Wildman–Crippen MR) is 85.6 cm³/mol. The number of benzene rings is 1. The monoisotopic (exact) mass is 351 g/mol. The number of ether oxygens (including phenoxy) is 2. The van der Waals surface area contributed by atoms with Crippen LogP contribution in [0.15, 0.2) is 16.6 Å². The minimum atomic E-state index is 0. The summed E-state index contributed by atoms with van der Waals surface area (Å²) >= 11 is 3.55. The first-order valence-electron chi connectivity index (χ1n) is 6.31. The normalized spacial score (nSPS) is 11.6. The standard InChI is InChI=1S/C14H22BrNO2.ClH/c1-4-5-6-7-12(16)10-8-13(17-2)14(18-3)9-11(10)15;/h8-9,12H,4-7,16H2,1-3H3;1H/t12-;/m0./s1. The third-order valence-corrected chi connectivity index (χ3v) is 3.71. The molecule has 0 aromatic heterocycles. The van der Waals surface area contributed by atoms with Crippen LogP contribution in [-0.4, -0.2) is 14.2 Å². The fourth-order valence-electron chi connectivity index (χ4n) is 1.92. The van der Waals surface area contributed by atoms with Crippen molar-refractivity contribution in [3.05, 3.63) is 22.2 Å². The van der Waals surface area contributed by atoms with Gasteiger partial charge in [-0.1, -0.05) is 42.1 Å². The Bertz CT molecular complexity index is 388. The lowest BCUT2D eigenvalue weighted by molar-refractivity contribution is 0.353. The molecule has 2 N–H and O–H groups in total. The first-order valence-corrected chi connectivity index (χ1v) is 7.10. The Morgan fingerprint density at radius 1 is 1.16 bits per heavy atom. The van der Waals surface area contributed by atoms with E-state index in [1.165, 1.54) is 12.8 Å². The van der Waals surface area contributed by atoms with Crippen LogP contribution in [0.4, 0.5) is 0 Å². The van der Waals surface area contributed by atoms with Crippen LogP contribution >= 0.6 is 28.3 Å². The first-order chi connectivity index (χ1) is 8.63.